The number of nitriles is 1. The largest absolute Gasteiger partial charge is 1.00 e. The van der Waals surface area contributed by atoms with E-state index in [1.165, 1.54) is 55.5 Å². The zero-order valence-electron chi connectivity index (χ0n) is 25.1. The first-order valence-electron chi connectivity index (χ1n) is 14.2. The van der Waals surface area contributed by atoms with Crippen LogP contribution < -0.4 is 28.9 Å². The fourth-order valence-electron chi connectivity index (χ4n) is 7.00. The average Bonchev–Trinajstić information content (AvgIpc) is 3.29. The molecule has 0 amide bonds. The fraction of sp³-hybridized carbons (Fsp3) is 0.211. The third-order valence-electron chi connectivity index (χ3n) is 8.98. The summed E-state index contributed by atoms with van der Waals surface area (Å²) in [5.74, 6) is 0. The summed E-state index contributed by atoms with van der Waals surface area (Å²) < 4.78 is 2.28. The van der Waals surface area contributed by atoms with Crippen LogP contribution in [0, 0.1) is 11.3 Å². The highest BCUT2D eigenvalue weighted by Crippen LogP contribution is 2.50. The quantitative estimate of drug-likeness (QED) is 0.119. The maximum absolute atomic E-state index is 9.89. The lowest BCUT2D eigenvalue weighted by Crippen LogP contribution is -3.00. The van der Waals surface area contributed by atoms with Crippen molar-refractivity contribution >= 4 is 38.6 Å². The number of fused-ring (bicyclic) bond motifs is 6. The van der Waals surface area contributed by atoms with E-state index in [0.29, 0.717) is 5.57 Å². The van der Waals surface area contributed by atoms with Gasteiger partial charge in [-0.25, -0.2) is 0 Å². The standard InChI is InChI=1S/C38H36N3.HI/c1-37(2)33(40(5)31-23-21-27-15-7-9-17-29(27)35(31)37)19-11-13-26(25-39)14-12-20-34-38(3,4)36-30-18-10-8-16-28(30)22-24-32(36)41(34)6;/h7-24H,1-6H3;1H/q+1;/p-1. The summed E-state index contributed by atoms with van der Waals surface area (Å²) in [5.41, 5.74) is 7.91. The lowest BCUT2D eigenvalue weighted by atomic mass is 9.79. The Kier molecular flexibility index (Phi) is 7.76. The minimum atomic E-state index is -0.153. The molecular formula is C38H36IN3. The molecule has 2 aliphatic rings. The number of rotatable bonds is 4. The topological polar surface area (TPSA) is 30.0 Å². The number of anilines is 1. The van der Waals surface area contributed by atoms with Crippen LogP contribution in [0.25, 0.3) is 21.5 Å². The molecule has 42 heavy (non-hydrogen) atoms. The van der Waals surface area contributed by atoms with Crippen LogP contribution in [0.3, 0.4) is 0 Å². The van der Waals surface area contributed by atoms with Gasteiger partial charge in [0, 0.05) is 41.6 Å². The average molecular weight is 662 g/mol. The number of hydrogen-bond donors (Lipinski definition) is 0. The van der Waals surface area contributed by atoms with Crippen molar-refractivity contribution in [2.45, 2.75) is 38.5 Å². The molecule has 210 valence electrons. The van der Waals surface area contributed by atoms with Gasteiger partial charge in [0.15, 0.2) is 5.71 Å². The number of hydrogen-bond acceptors (Lipinski definition) is 2. The van der Waals surface area contributed by atoms with Crippen molar-refractivity contribution in [1.29, 1.82) is 5.26 Å². The zero-order valence-corrected chi connectivity index (χ0v) is 27.3. The highest BCUT2D eigenvalue weighted by Gasteiger charge is 2.44. The van der Waals surface area contributed by atoms with Gasteiger partial charge in [0.1, 0.15) is 7.05 Å². The predicted octanol–water partition coefficient (Wildman–Crippen LogP) is 5.88. The second-order valence-electron chi connectivity index (χ2n) is 12.1. The first-order chi connectivity index (χ1) is 19.7. The highest BCUT2D eigenvalue weighted by molar-refractivity contribution is 6.07. The monoisotopic (exact) mass is 661 g/mol. The lowest BCUT2D eigenvalue weighted by molar-refractivity contribution is -0.401. The molecule has 0 saturated heterocycles. The number of nitrogens with zero attached hydrogens (tertiary/aromatic N) is 3. The lowest BCUT2D eigenvalue weighted by Gasteiger charge is -2.24. The summed E-state index contributed by atoms with van der Waals surface area (Å²) in [6.45, 7) is 9.13. The molecule has 0 unspecified atom stereocenters. The van der Waals surface area contributed by atoms with Crippen molar-refractivity contribution in [2.24, 2.45) is 0 Å². The molecule has 0 radical (unpaired) electrons. The second kappa shape index (κ2) is 11.0. The van der Waals surface area contributed by atoms with Gasteiger partial charge in [-0.2, -0.15) is 9.84 Å². The zero-order chi connectivity index (χ0) is 28.9. The van der Waals surface area contributed by atoms with Crippen molar-refractivity contribution in [1.82, 2.24) is 0 Å². The summed E-state index contributed by atoms with van der Waals surface area (Å²) in [5, 5.41) is 15.0. The van der Waals surface area contributed by atoms with E-state index in [1.54, 1.807) is 0 Å². The molecule has 0 aromatic heterocycles. The molecule has 3 nitrogen and oxygen atoms in total. The van der Waals surface area contributed by atoms with Gasteiger partial charge in [0.2, 0.25) is 5.69 Å². The molecule has 0 spiro atoms. The Labute approximate surface area is 266 Å². The van der Waals surface area contributed by atoms with E-state index in [0.717, 1.165) is 0 Å². The maximum Gasteiger partial charge on any atom is 0.210 e. The summed E-state index contributed by atoms with van der Waals surface area (Å²) >= 11 is 0. The second-order valence-corrected chi connectivity index (χ2v) is 12.1. The van der Waals surface area contributed by atoms with Gasteiger partial charge in [-0.05, 0) is 71.3 Å². The third-order valence-corrected chi connectivity index (χ3v) is 8.98. The molecule has 0 atom stereocenters. The fourth-order valence-corrected chi connectivity index (χ4v) is 7.00. The van der Waals surface area contributed by atoms with Crippen LogP contribution in [-0.4, -0.2) is 24.4 Å². The van der Waals surface area contributed by atoms with Gasteiger partial charge >= 0.3 is 0 Å². The van der Waals surface area contributed by atoms with Crippen molar-refractivity contribution in [2.75, 3.05) is 19.0 Å². The van der Waals surface area contributed by atoms with E-state index >= 15 is 0 Å². The van der Waals surface area contributed by atoms with Crippen LogP contribution in [0.2, 0.25) is 0 Å². The minimum Gasteiger partial charge on any atom is -1.00 e. The summed E-state index contributed by atoms with van der Waals surface area (Å²) in [6, 6.07) is 28.4. The van der Waals surface area contributed by atoms with Crippen LogP contribution in [0.4, 0.5) is 11.4 Å². The van der Waals surface area contributed by atoms with Gasteiger partial charge in [-0.15, -0.1) is 0 Å². The van der Waals surface area contributed by atoms with Gasteiger partial charge in [-0.3, -0.25) is 0 Å². The van der Waals surface area contributed by atoms with Crippen LogP contribution >= 0.6 is 0 Å². The van der Waals surface area contributed by atoms with E-state index in [4.69, 9.17) is 0 Å². The molecule has 4 aromatic carbocycles. The molecule has 2 aliphatic heterocycles. The first-order valence-corrected chi connectivity index (χ1v) is 14.2. The molecule has 0 N–H and O–H groups in total. The Morgan fingerprint density at radius 1 is 0.810 bits per heavy atom. The van der Waals surface area contributed by atoms with Crippen LogP contribution in [0.5, 0.6) is 0 Å². The normalized spacial score (nSPS) is 18.3. The van der Waals surface area contributed by atoms with Gasteiger partial charge < -0.3 is 28.9 Å². The predicted molar refractivity (Wildman–Crippen MR) is 173 cm³/mol. The molecule has 0 bridgehead atoms. The Balaban J connectivity index is 0.00000353. The molecule has 0 fully saturated rings. The van der Waals surface area contributed by atoms with Crippen molar-refractivity contribution < 1.29 is 28.6 Å². The van der Waals surface area contributed by atoms with Gasteiger partial charge in [-0.1, -0.05) is 80.6 Å². The van der Waals surface area contributed by atoms with E-state index in [-0.39, 0.29) is 34.8 Å². The Hall–Kier alpha value is -3.95. The van der Waals surface area contributed by atoms with Crippen LogP contribution in [0.15, 0.2) is 121 Å². The molecule has 0 saturated carbocycles. The van der Waals surface area contributed by atoms with Crippen molar-refractivity contribution in [3.05, 3.63) is 132 Å². The number of halogens is 1. The Bertz CT molecular complexity index is 1930. The number of allylic oxidation sites excluding steroid dienone is 8. The highest BCUT2D eigenvalue weighted by atomic mass is 127. The van der Waals surface area contributed by atoms with Crippen LogP contribution in [-0.2, 0) is 10.8 Å². The summed E-state index contributed by atoms with van der Waals surface area (Å²) in [6.07, 6.45) is 12.1. The minimum absolute atomic E-state index is 0. The molecular weight excluding hydrogens is 625 g/mol. The Morgan fingerprint density at radius 3 is 2.10 bits per heavy atom. The van der Waals surface area contributed by atoms with Gasteiger partial charge in [0.25, 0.3) is 0 Å². The van der Waals surface area contributed by atoms with E-state index < -0.39 is 0 Å². The molecule has 4 heteroatoms. The first kappa shape index (κ1) is 29.5. The van der Waals surface area contributed by atoms with Gasteiger partial charge in [0.05, 0.1) is 17.1 Å². The summed E-state index contributed by atoms with van der Waals surface area (Å²) in [4.78, 5) is 2.28. The van der Waals surface area contributed by atoms with Crippen molar-refractivity contribution in [3.63, 3.8) is 0 Å². The molecule has 2 heterocycles. The number of benzene rings is 4. The molecule has 4 aromatic rings. The Morgan fingerprint density at radius 2 is 1.43 bits per heavy atom. The smallest absolute Gasteiger partial charge is 0.210 e. The van der Waals surface area contributed by atoms with Crippen molar-refractivity contribution in [3.8, 4) is 6.07 Å². The van der Waals surface area contributed by atoms with Crippen LogP contribution in [0.1, 0.15) is 38.8 Å². The summed E-state index contributed by atoms with van der Waals surface area (Å²) in [7, 11) is 4.26. The molecule has 6 rings (SSSR count). The number of likely N-dealkylation sites (N-methyl/N-ethyl adjacent to an activating group) is 1. The molecule has 0 aliphatic carbocycles. The van der Waals surface area contributed by atoms with E-state index in [9.17, 15) is 5.26 Å². The van der Waals surface area contributed by atoms with E-state index in [1.807, 2.05) is 24.3 Å². The van der Waals surface area contributed by atoms with E-state index in [2.05, 4.69) is 142 Å². The third kappa shape index (κ3) is 4.61. The SMILES string of the molecule is CN1/C(=C/C=C/C(C#N)=C/C=C/C2=[N+](C)c3ccc4ccccc4c3C2(C)C)C(C)(C)c2c1ccc1ccccc21.[I-]. The maximum atomic E-state index is 9.89.